The van der Waals surface area contributed by atoms with Crippen LogP contribution in [0, 0.1) is 11.3 Å². The molecule has 1 aromatic carbocycles. The van der Waals surface area contributed by atoms with Crippen molar-refractivity contribution >= 4 is 0 Å². The minimum Gasteiger partial charge on any atom is -0.307 e. The van der Waals surface area contributed by atoms with Crippen molar-refractivity contribution in [1.82, 2.24) is 15.1 Å². The summed E-state index contributed by atoms with van der Waals surface area (Å²) in [7, 11) is 0. The Balaban J connectivity index is 1.84. The molecule has 110 valence electrons. The van der Waals surface area contributed by atoms with E-state index in [4.69, 9.17) is 5.26 Å². The first-order valence-corrected chi connectivity index (χ1v) is 7.50. The van der Waals surface area contributed by atoms with Crippen molar-refractivity contribution in [2.75, 3.05) is 0 Å². The lowest BCUT2D eigenvalue weighted by Crippen LogP contribution is -2.14. The fourth-order valence-corrected chi connectivity index (χ4v) is 2.37. The molecule has 0 unspecified atom stereocenters. The van der Waals surface area contributed by atoms with Crippen molar-refractivity contribution in [2.45, 2.75) is 45.8 Å². The molecule has 0 spiro atoms. The van der Waals surface area contributed by atoms with Crippen molar-refractivity contribution < 1.29 is 0 Å². The SMILES string of the molecule is CCC(CC)n1ccc(CNCc2ccc(C#N)cc2)n1. The molecule has 0 fully saturated rings. The molecule has 0 bridgehead atoms. The summed E-state index contributed by atoms with van der Waals surface area (Å²) in [6.45, 7) is 5.92. The summed E-state index contributed by atoms with van der Waals surface area (Å²) < 4.78 is 2.07. The van der Waals surface area contributed by atoms with Gasteiger partial charge in [0.15, 0.2) is 0 Å². The Morgan fingerprint density at radius 1 is 1.14 bits per heavy atom. The van der Waals surface area contributed by atoms with E-state index in [2.05, 4.69) is 47.3 Å². The van der Waals surface area contributed by atoms with Crippen LogP contribution in [0.1, 0.15) is 49.6 Å². The van der Waals surface area contributed by atoms with E-state index in [0.29, 0.717) is 11.6 Å². The summed E-state index contributed by atoms with van der Waals surface area (Å²) in [5, 5.41) is 16.8. The summed E-state index contributed by atoms with van der Waals surface area (Å²) in [5.41, 5.74) is 2.94. The maximum Gasteiger partial charge on any atom is 0.0991 e. The van der Waals surface area contributed by atoms with Crippen molar-refractivity contribution in [3.8, 4) is 6.07 Å². The lowest BCUT2D eigenvalue weighted by atomic mass is 10.1. The van der Waals surface area contributed by atoms with E-state index in [1.54, 1.807) is 0 Å². The van der Waals surface area contributed by atoms with Gasteiger partial charge in [0.05, 0.1) is 23.4 Å². The fraction of sp³-hybridized carbons (Fsp3) is 0.412. The van der Waals surface area contributed by atoms with Gasteiger partial charge in [-0.05, 0) is 36.6 Å². The second-order valence-corrected chi connectivity index (χ2v) is 5.17. The van der Waals surface area contributed by atoms with E-state index < -0.39 is 0 Å². The summed E-state index contributed by atoms with van der Waals surface area (Å²) in [5.74, 6) is 0. The van der Waals surface area contributed by atoms with Crippen molar-refractivity contribution in [1.29, 1.82) is 5.26 Å². The molecule has 0 aliphatic carbocycles. The van der Waals surface area contributed by atoms with Crippen molar-refractivity contribution in [3.63, 3.8) is 0 Å². The molecule has 21 heavy (non-hydrogen) atoms. The van der Waals surface area contributed by atoms with Crippen molar-refractivity contribution in [2.24, 2.45) is 0 Å². The number of hydrogen-bond donors (Lipinski definition) is 1. The van der Waals surface area contributed by atoms with Crippen LogP contribution in [0.3, 0.4) is 0 Å². The maximum atomic E-state index is 8.76. The number of aromatic nitrogens is 2. The zero-order chi connectivity index (χ0) is 15.1. The highest BCUT2D eigenvalue weighted by atomic mass is 15.3. The Bertz CT molecular complexity index is 588. The minimum atomic E-state index is 0.497. The van der Waals surface area contributed by atoms with E-state index in [9.17, 15) is 0 Å². The molecule has 0 saturated heterocycles. The van der Waals surface area contributed by atoms with E-state index in [-0.39, 0.29) is 0 Å². The summed E-state index contributed by atoms with van der Waals surface area (Å²) in [6, 6.07) is 12.4. The molecule has 1 aromatic heterocycles. The molecule has 4 heteroatoms. The van der Waals surface area contributed by atoms with Crippen LogP contribution in [0.4, 0.5) is 0 Å². The molecule has 1 N–H and O–H groups in total. The van der Waals surface area contributed by atoms with Crippen LogP contribution < -0.4 is 5.32 Å². The first-order valence-electron chi connectivity index (χ1n) is 7.50. The van der Waals surface area contributed by atoms with E-state index in [0.717, 1.165) is 31.6 Å². The highest BCUT2D eigenvalue weighted by molar-refractivity contribution is 5.31. The lowest BCUT2D eigenvalue weighted by Gasteiger charge is -2.12. The van der Waals surface area contributed by atoms with Crippen LogP contribution in [-0.4, -0.2) is 9.78 Å². The number of benzene rings is 1. The number of nitrogens with one attached hydrogen (secondary N) is 1. The van der Waals surface area contributed by atoms with Gasteiger partial charge in [-0.15, -0.1) is 0 Å². The smallest absolute Gasteiger partial charge is 0.0991 e. The largest absolute Gasteiger partial charge is 0.307 e. The monoisotopic (exact) mass is 282 g/mol. The average Bonchev–Trinajstić information content (AvgIpc) is 2.98. The Kier molecular flexibility index (Phi) is 5.53. The van der Waals surface area contributed by atoms with Gasteiger partial charge in [-0.3, -0.25) is 4.68 Å². The van der Waals surface area contributed by atoms with Gasteiger partial charge in [-0.25, -0.2) is 0 Å². The summed E-state index contributed by atoms with van der Waals surface area (Å²) >= 11 is 0. The lowest BCUT2D eigenvalue weighted by molar-refractivity contribution is 0.424. The Morgan fingerprint density at radius 2 is 1.86 bits per heavy atom. The highest BCUT2D eigenvalue weighted by Crippen LogP contribution is 2.14. The van der Waals surface area contributed by atoms with E-state index >= 15 is 0 Å². The highest BCUT2D eigenvalue weighted by Gasteiger charge is 2.07. The molecule has 4 nitrogen and oxygen atoms in total. The predicted molar refractivity (Wildman–Crippen MR) is 83.5 cm³/mol. The molecule has 2 rings (SSSR count). The first kappa shape index (κ1) is 15.3. The number of hydrogen-bond acceptors (Lipinski definition) is 3. The van der Waals surface area contributed by atoms with E-state index in [1.165, 1.54) is 5.56 Å². The van der Waals surface area contributed by atoms with Crippen LogP contribution in [0.25, 0.3) is 0 Å². The number of rotatable bonds is 7. The van der Waals surface area contributed by atoms with Gasteiger partial charge < -0.3 is 5.32 Å². The third-order valence-electron chi connectivity index (χ3n) is 3.70. The second kappa shape index (κ2) is 7.61. The van der Waals surface area contributed by atoms with Gasteiger partial charge in [0.1, 0.15) is 0 Å². The Labute approximate surface area is 126 Å². The Morgan fingerprint density at radius 3 is 2.48 bits per heavy atom. The molecule has 0 aliphatic rings. The zero-order valence-corrected chi connectivity index (χ0v) is 12.7. The van der Waals surface area contributed by atoms with E-state index in [1.807, 2.05) is 24.3 Å². The van der Waals surface area contributed by atoms with Gasteiger partial charge >= 0.3 is 0 Å². The van der Waals surface area contributed by atoms with Gasteiger partial charge in [0, 0.05) is 19.3 Å². The first-order chi connectivity index (χ1) is 10.3. The third kappa shape index (κ3) is 4.17. The maximum absolute atomic E-state index is 8.76. The molecule has 0 atom stereocenters. The quantitative estimate of drug-likeness (QED) is 0.846. The van der Waals surface area contributed by atoms with Crippen LogP contribution in [0.15, 0.2) is 36.5 Å². The van der Waals surface area contributed by atoms with Gasteiger partial charge in [0.25, 0.3) is 0 Å². The Hall–Kier alpha value is -2.12. The topological polar surface area (TPSA) is 53.6 Å². The van der Waals surface area contributed by atoms with Crippen molar-refractivity contribution in [3.05, 3.63) is 53.3 Å². The zero-order valence-electron chi connectivity index (χ0n) is 12.7. The fourth-order valence-electron chi connectivity index (χ4n) is 2.37. The molecule has 0 amide bonds. The third-order valence-corrected chi connectivity index (χ3v) is 3.70. The van der Waals surface area contributed by atoms with Crippen LogP contribution in [-0.2, 0) is 13.1 Å². The molecular formula is C17H22N4. The molecule has 2 aromatic rings. The molecule has 1 heterocycles. The molecular weight excluding hydrogens is 260 g/mol. The van der Waals surface area contributed by atoms with Crippen LogP contribution >= 0.6 is 0 Å². The predicted octanol–water partition coefficient (Wildman–Crippen LogP) is 3.41. The molecule has 0 aliphatic heterocycles. The minimum absolute atomic E-state index is 0.497. The van der Waals surface area contributed by atoms with Crippen LogP contribution in [0.2, 0.25) is 0 Å². The summed E-state index contributed by atoms with van der Waals surface area (Å²) in [6.07, 6.45) is 4.28. The van der Waals surface area contributed by atoms with Gasteiger partial charge in [0.2, 0.25) is 0 Å². The number of nitrogens with zero attached hydrogens (tertiary/aromatic N) is 3. The number of nitriles is 1. The molecule has 0 radical (unpaired) electrons. The molecule has 0 saturated carbocycles. The standard InChI is InChI=1S/C17H22N4/c1-3-17(4-2)21-10-9-16(20-21)13-19-12-15-7-5-14(11-18)6-8-15/h5-10,17,19H,3-4,12-13H2,1-2H3. The normalized spacial score (nSPS) is 10.8. The summed E-state index contributed by atoms with van der Waals surface area (Å²) in [4.78, 5) is 0. The van der Waals surface area contributed by atoms with Gasteiger partial charge in [-0.1, -0.05) is 26.0 Å². The second-order valence-electron chi connectivity index (χ2n) is 5.17. The van der Waals surface area contributed by atoms with Gasteiger partial charge in [-0.2, -0.15) is 10.4 Å². The average molecular weight is 282 g/mol. The van der Waals surface area contributed by atoms with Crippen LogP contribution in [0.5, 0.6) is 0 Å².